The van der Waals surface area contributed by atoms with Crippen LogP contribution < -0.4 is 10.3 Å². The summed E-state index contributed by atoms with van der Waals surface area (Å²) >= 11 is 0. The van der Waals surface area contributed by atoms with Crippen LogP contribution in [0.15, 0.2) is 30.3 Å². The normalized spacial score (nSPS) is 14.7. The van der Waals surface area contributed by atoms with Crippen LogP contribution in [0.3, 0.4) is 0 Å². The molecule has 3 nitrogen and oxygen atoms in total. The summed E-state index contributed by atoms with van der Waals surface area (Å²) in [5, 5.41) is 0. The number of hydrogen-bond acceptors (Lipinski definition) is 3. The topological polar surface area (TPSA) is 52.3 Å². The van der Waals surface area contributed by atoms with E-state index < -0.39 is 7.37 Å². The Morgan fingerprint density at radius 1 is 1.36 bits per heavy atom. The Kier molecular flexibility index (Phi) is 4.18. The SMILES string of the molecule is CP(=O)(CCCN)Oc1ccccc1. The van der Waals surface area contributed by atoms with E-state index in [0.29, 0.717) is 18.5 Å². The molecule has 0 aromatic heterocycles. The fourth-order valence-electron chi connectivity index (χ4n) is 1.13. The van der Waals surface area contributed by atoms with E-state index in [0.717, 1.165) is 6.42 Å². The molecular formula is C10H16NO2P. The van der Waals surface area contributed by atoms with Crippen molar-refractivity contribution >= 4 is 7.37 Å². The Balaban J connectivity index is 2.55. The van der Waals surface area contributed by atoms with Gasteiger partial charge in [-0.1, -0.05) is 18.2 Å². The van der Waals surface area contributed by atoms with E-state index in [2.05, 4.69) is 0 Å². The van der Waals surface area contributed by atoms with Crippen LogP contribution in [-0.4, -0.2) is 19.4 Å². The van der Waals surface area contributed by atoms with Gasteiger partial charge in [-0.3, -0.25) is 4.57 Å². The van der Waals surface area contributed by atoms with Gasteiger partial charge in [0.25, 0.3) is 0 Å². The maximum absolute atomic E-state index is 11.9. The molecule has 0 amide bonds. The fourth-order valence-corrected chi connectivity index (χ4v) is 2.54. The molecule has 1 atom stereocenters. The van der Waals surface area contributed by atoms with Crippen molar-refractivity contribution in [3.63, 3.8) is 0 Å². The Labute approximate surface area is 84.7 Å². The zero-order valence-electron chi connectivity index (χ0n) is 8.35. The van der Waals surface area contributed by atoms with Crippen LogP contribution >= 0.6 is 7.37 Å². The molecule has 0 saturated heterocycles. The van der Waals surface area contributed by atoms with Gasteiger partial charge in [0.05, 0.1) is 0 Å². The quantitative estimate of drug-likeness (QED) is 0.763. The standard InChI is InChI=1S/C10H16NO2P/c1-14(12,9-5-8-11)13-10-6-3-2-4-7-10/h2-4,6-7H,5,8-9,11H2,1H3. The van der Waals surface area contributed by atoms with E-state index in [1.807, 2.05) is 18.2 Å². The molecule has 0 aliphatic carbocycles. The van der Waals surface area contributed by atoms with E-state index in [9.17, 15) is 4.57 Å². The maximum atomic E-state index is 11.9. The number of hydrogen-bond donors (Lipinski definition) is 1. The molecule has 0 aliphatic heterocycles. The molecule has 1 unspecified atom stereocenters. The highest BCUT2D eigenvalue weighted by Crippen LogP contribution is 2.43. The molecule has 1 aromatic carbocycles. The first-order valence-corrected chi connectivity index (χ1v) is 6.91. The van der Waals surface area contributed by atoms with Gasteiger partial charge in [-0.2, -0.15) is 0 Å². The Hall–Kier alpha value is -0.790. The van der Waals surface area contributed by atoms with Crippen LogP contribution in [0.5, 0.6) is 5.75 Å². The van der Waals surface area contributed by atoms with Gasteiger partial charge in [0.15, 0.2) is 0 Å². The van der Waals surface area contributed by atoms with Crippen LogP contribution in [-0.2, 0) is 4.57 Å². The Bertz CT molecular complexity index is 313. The van der Waals surface area contributed by atoms with Crippen molar-refractivity contribution in [1.29, 1.82) is 0 Å². The van der Waals surface area contributed by atoms with E-state index >= 15 is 0 Å². The Morgan fingerprint density at radius 2 is 2.00 bits per heavy atom. The molecule has 1 rings (SSSR count). The first kappa shape index (κ1) is 11.3. The van der Waals surface area contributed by atoms with E-state index in [-0.39, 0.29) is 0 Å². The molecule has 1 aromatic rings. The maximum Gasteiger partial charge on any atom is 0.245 e. The van der Waals surface area contributed by atoms with E-state index in [4.69, 9.17) is 10.3 Å². The molecule has 78 valence electrons. The van der Waals surface area contributed by atoms with Crippen LogP contribution in [0.25, 0.3) is 0 Å². The third kappa shape index (κ3) is 3.95. The number of rotatable bonds is 5. The monoisotopic (exact) mass is 213 g/mol. The second-order valence-electron chi connectivity index (χ2n) is 3.28. The van der Waals surface area contributed by atoms with Gasteiger partial charge in [0, 0.05) is 12.8 Å². The predicted octanol–water partition coefficient (Wildman–Crippen LogP) is 2.32. The summed E-state index contributed by atoms with van der Waals surface area (Å²) in [6.45, 7) is 2.20. The predicted molar refractivity (Wildman–Crippen MR) is 59.1 cm³/mol. The molecule has 0 radical (unpaired) electrons. The van der Waals surface area contributed by atoms with Gasteiger partial charge < -0.3 is 10.3 Å². The number of para-hydroxylation sites is 1. The van der Waals surface area contributed by atoms with Crippen LogP contribution in [0.2, 0.25) is 0 Å². The van der Waals surface area contributed by atoms with Gasteiger partial charge >= 0.3 is 0 Å². The number of benzene rings is 1. The van der Waals surface area contributed by atoms with E-state index in [1.165, 1.54) is 0 Å². The van der Waals surface area contributed by atoms with Gasteiger partial charge in [-0.25, -0.2) is 0 Å². The summed E-state index contributed by atoms with van der Waals surface area (Å²) in [5.41, 5.74) is 5.35. The molecule has 14 heavy (non-hydrogen) atoms. The minimum atomic E-state index is -2.51. The molecule has 0 spiro atoms. The molecule has 2 N–H and O–H groups in total. The minimum Gasteiger partial charge on any atom is -0.443 e. The lowest BCUT2D eigenvalue weighted by atomic mass is 10.3. The van der Waals surface area contributed by atoms with Crippen molar-refractivity contribution in [1.82, 2.24) is 0 Å². The van der Waals surface area contributed by atoms with Crippen molar-refractivity contribution < 1.29 is 9.09 Å². The summed E-state index contributed by atoms with van der Waals surface area (Å²) in [6.07, 6.45) is 1.28. The second kappa shape index (κ2) is 5.18. The highest BCUT2D eigenvalue weighted by molar-refractivity contribution is 7.58. The molecule has 0 bridgehead atoms. The molecular weight excluding hydrogens is 197 g/mol. The first-order valence-electron chi connectivity index (χ1n) is 4.65. The molecule has 0 heterocycles. The molecule has 4 heteroatoms. The van der Waals surface area contributed by atoms with Crippen molar-refractivity contribution in [2.45, 2.75) is 6.42 Å². The van der Waals surface area contributed by atoms with Crippen molar-refractivity contribution in [3.05, 3.63) is 30.3 Å². The molecule has 0 aliphatic rings. The first-order chi connectivity index (χ1) is 6.64. The van der Waals surface area contributed by atoms with E-state index in [1.54, 1.807) is 18.8 Å². The minimum absolute atomic E-state index is 0.540. The zero-order chi connectivity index (χ0) is 10.4. The summed E-state index contributed by atoms with van der Waals surface area (Å²) in [5.74, 6) is 0.662. The van der Waals surface area contributed by atoms with Crippen LogP contribution in [0, 0.1) is 0 Å². The molecule has 0 fully saturated rings. The summed E-state index contributed by atoms with van der Waals surface area (Å²) < 4.78 is 17.3. The lowest BCUT2D eigenvalue weighted by molar-refractivity contribution is 0.486. The summed E-state index contributed by atoms with van der Waals surface area (Å²) in [4.78, 5) is 0. The average Bonchev–Trinajstić information content (AvgIpc) is 2.16. The summed E-state index contributed by atoms with van der Waals surface area (Å²) in [6, 6.07) is 9.22. The second-order valence-corrected chi connectivity index (χ2v) is 5.94. The lowest BCUT2D eigenvalue weighted by Gasteiger charge is -2.14. The number of nitrogens with two attached hydrogens (primary N) is 1. The van der Waals surface area contributed by atoms with Crippen molar-refractivity contribution in [2.24, 2.45) is 5.73 Å². The van der Waals surface area contributed by atoms with Crippen molar-refractivity contribution in [2.75, 3.05) is 19.4 Å². The average molecular weight is 213 g/mol. The fraction of sp³-hybridized carbons (Fsp3) is 0.400. The van der Waals surface area contributed by atoms with Crippen LogP contribution in [0.4, 0.5) is 0 Å². The highest BCUT2D eigenvalue weighted by atomic mass is 31.2. The third-order valence-electron chi connectivity index (χ3n) is 1.81. The van der Waals surface area contributed by atoms with Gasteiger partial charge in [-0.05, 0) is 25.1 Å². The molecule has 0 saturated carbocycles. The van der Waals surface area contributed by atoms with Crippen molar-refractivity contribution in [3.8, 4) is 5.75 Å². The zero-order valence-corrected chi connectivity index (χ0v) is 9.24. The summed E-state index contributed by atoms with van der Waals surface area (Å²) in [7, 11) is -2.51. The van der Waals surface area contributed by atoms with Gasteiger partial charge in [-0.15, -0.1) is 0 Å². The largest absolute Gasteiger partial charge is 0.443 e. The van der Waals surface area contributed by atoms with Crippen LogP contribution in [0.1, 0.15) is 6.42 Å². The van der Waals surface area contributed by atoms with Gasteiger partial charge in [0.1, 0.15) is 5.75 Å². The third-order valence-corrected chi connectivity index (χ3v) is 3.54. The highest BCUT2D eigenvalue weighted by Gasteiger charge is 2.15. The van der Waals surface area contributed by atoms with Gasteiger partial charge in [0.2, 0.25) is 7.37 Å². The Morgan fingerprint density at radius 3 is 2.57 bits per heavy atom. The smallest absolute Gasteiger partial charge is 0.245 e. The lowest BCUT2D eigenvalue weighted by Crippen LogP contribution is -2.04.